The van der Waals surface area contributed by atoms with Gasteiger partial charge in [-0.25, -0.2) is 0 Å². The number of hydrogen-bond acceptors (Lipinski definition) is 1. The number of hydrogen-bond donors (Lipinski definition) is 1. The van der Waals surface area contributed by atoms with Gasteiger partial charge >= 0.3 is 0 Å². The van der Waals surface area contributed by atoms with E-state index in [9.17, 15) is 0 Å². The highest BCUT2D eigenvalue weighted by Gasteiger charge is 2.35. The molecule has 0 heterocycles. The Balaban J connectivity index is 1.43. The van der Waals surface area contributed by atoms with Crippen molar-refractivity contribution in [3.05, 3.63) is 77.9 Å². The zero-order valence-corrected chi connectivity index (χ0v) is 19.8. The summed E-state index contributed by atoms with van der Waals surface area (Å²) in [6.45, 7) is 0. The van der Waals surface area contributed by atoms with Gasteiger partial charge in [0.25, 0.3) is 0 Å². The van der Waals surface area contributed by atoms with Crippen molar-refractivity contribution in [1.82, 2.24) is 5.32 Å². The first-order valence-electron chi connectivity index (χ1n) is 13.4. The molecule has 3 aromatic carbocycles. The van der Waals surface area contributed by atoms with Crippen LogP contribution in [0.3, 0.4) is 0 Å². The maximum atomic E-state index is 4.15. The maximum absolute atomic E-state index is 4.15. The molecule has 0 saturated heterocycles. The van der Waals surface area contributed by atoms with E-state index < -0.39 is 0 Å². The Kier molecular flexibility index (Phi) is 6.08. The number of benzene rings is 3. The summed E-state index contributed by atoms with van der Waals surface area (Å²) in [5.41, 5.74) is 5.82. The smallest absolute Gasteiger partial charge is 0.0327 e. The number of fused-ring (bicyclic) bond motifs is 2. The van der Waals surface area contributed by atoms with Crippen LogP contribution in [0.5, 0.6) is 0 Å². The molecule has 3 aliphatic carbocycles. The van der Waals surface area contributed by atoms with Crippen LogP contribution in [0.25, 0.3) is 28.0 Å². The Labute approximate surface area is 199 Å². The predicted octanol–water partition coefficient (Wildman–Crippen LogP) is 8.49. The summed E-state index contributed by atoms with van der Waals surface area (Å²) >= 11 is 0. The number of nitrogens with one attached hydrogen (secondary N) is 1. The second-order valence-corrected chi connectivity index (χ2v) is 10.6. The normalized spacial score (nSPS) is 24.1. The van der Waals surface area contributed by atoms with E-state index in [0.29, 0.717) is 18.0 Å². The van der Waals surface area contributed by atoms with Crippen LogP contribution in [0.2, 0.25) is 0 Å². The summed E-state index contributed by atoms with van der Waals surface area (Å²) in [6.07, 6.45) is 18.9. The minimum atomic E-state index is 0.478. The van der Waals surface area contributed by atoms with Gasteiger partial charge in [-0.2, -0.15) is 0 Å². The molecule has 0 amide bonds. The van der Waals surface area contributed by atoms with Gasteiger partial charge in [-0.3, -0.25) is 0 Å². The van der Waals surface area contributed by atoms with Crippen molar-refractivity contribution in [3.8, 4) is 11.1 Å². The average Bonchev–Trinajstić information content (AvgIpc) is 2.89. The molecule has 3 aliphatic rings. The summed E-state index contributed by atoms with van der Waals surface area (Å²) in [4.78, 5) is 0. The molecular weight excluding hydrogens is 398 g/mol. The minimum Gasteiger partial charge on any atom is -0.307 e. The van der Waals surface area contributed by atoms with Crippen molar-refractivity contribution < 1.29 is 0 Å². The molecule has 2 atom stereocenters. The highest BCUT2D eigenvalue weighted by atomic mass is 15.0. The lowest BCUT2D eigenvalue weighted by Crippen LogP contribution is -2.45. The quantitative estimate of drug-likeness (QED) is 0.433. The highest BCUT2D eigenvalue weighted by molar-refractivity contribution is 5.99. The minimum absolute atomic E-state index is 0.478. The highest BCUT2D eigenvalue weighted by Crippen LogP contribution is 2.45. The average molecular weight is 436 g/mol. The van der Waals surface area contributed by atoms with Crippen molar-refractivity contribution in [2.45, 2.75) is 82.2 Å². The molecular formula is C32H37N. The van der Waals surface area contributed by atoms with E-state index in [1.54, 1.807) is 5.56 Å². The topological polar surface area (TPSA) is 12.0 Å². The van der Waals surface area contributed by atoms with Crippen LogP contribution in [0, 0.1) is 5.92 Å². The van der Waals surface area contributed by atoms with Crippen LogP contribution in [0.1, 0.15) is 81.3 Å². The molecule has 1 N–H and O–H groups in total. The van der Waals surface area contributed by atoms with Crippen LogP contribution < -0.4 is 5.32 Å². The summed E-state index contributed by atoms with van der Waals surface area (Å²) in [6, 6.07) is 23.9. The van der Waals surface area contributed by atoms with E-state index >= 15 is 0 Å². The fourth-order valence-electron chi connectivity index (χ4n) is 7.01. The van der Waals surface area contributed by atoms with Gasteiger partial charge in [-0.05, 0) is 64.6 Å². The molecule has 0 radical (unpaired) electrons. The van der Waals surface area contributed by atoms with Crippen molar-refractivity contribution in [3.63, 3.8) is 0 Å². The van der Waals surface area contributed by atoms with E-state index in [-0.39, 0.29) is 0 Å². The SMILES string of the molecule is C1=CC(NC2CCCCC2)[C@H](C2CCCCC2)c2cccc(-c3cccc4ccccc34)c21. The zero-order chi connectivity index (χ0) is 22.0. The second kappa shape index (κ2) is 9.47. The molecule has 3 aromatic rings. The Bertz CT molecular complexity index is 1120. The van der Waals surface area contributed by atoms with E-state index in [4.69, 9.17) is 0 Å². The predicted molar refractivity (Wildman–Crippen MR) is 142 cm³/mol. The fraction of sp³-hybridized carbons (Fsp3) is 0.438. The Hall–Kier alpha value is -2.38. The molecule has 1 nitrogen and oxygen atoms in total. The van der Waals surface area contributed by atoms with Crippen LogP contribution in [-0.4, -0.2) is 12.1 Å². The fourth-order valence-corrected chi connectivity index (χ4v) is 7.01. The third-order valence-electron chi connectivity index (χ3n) is 8.63. The summed E-state index contributed by atoms with van der Waals surface area (Å²) in [5.74, 6) is 1.40. The Morgan fingerprint density at radius 3 is 2.18 bits per heavy atom. The first-order valence-corrected chi connectivity index (χ1v) is 13.4. The van der Waals surface area contributed by atoms with Crippen LogP contribution in [0.4, 0.5) is 0 Å². The zero-order valence-electron chi connectivity index (χ0n) is 19.8. The molecule has 0 bridgehead atoms. The summed E-state index contributed by atoms with van der Waals surface area (Å²) in [5, 5.41) is 6.83. The van der Waals surface area contributed by atoms with Crippen molar-refractivity contribution in [2.75, 3.05) is 0 Å². The molecule has 1 unspecified atom stereocenters. The monoisotopic (exact) mass is 435 g/mol. The summed E-state index contributed by atoms with van der Waals surface area (Å²) < 4.78 is 0. The van der Waals surface area contributed by atoms with Crippen molar-refractivity contribution in [2.24, 2.45) is 5.92 Å². The molecule has 33 heavy (non-hydrogen) atoms. The standard InChI is InChI=1S/C32H37N/c1-3-12-24(13-4-1)32-30-20-10-19-28(27-18-9-14-23-11-7-8-17-26(23)27)29(30)21-22-31(32)33-25-15-5-2-6-16-25/h7-11,14,17-22,24-25,31-33H,1-6,12-13,15-16H2/t31?,32-/m1/s1. The molecule has 6 rings (SSSR count). The molecule has 0 spiro atoms. The molecule has 0 aromatic heterocycles. The lowest BCUT2D eigenvalue weighted by molar-refractivity contribution is 0.250. The van der Waals surface area contributed by atoms with Crippen LogP contribution in [-0.2, 0) is 0 Å². The molecule has 170 valence electrons. The van der Waals surface area contributed by atoms with E-state index in [0.717, 1.165) is 5.92 Å². The van der Waals surface area contributed by atoms with Crippen LogP contribution >= 0.6 is 0 Å². The van der Waals surface area contributed by atoms with Gasteiger partial charge in [0.05, 0.1) is 0 Å². The van der Waals surface area contributed by atoms with Gasteiger partial charge in [0, 0.05) is 18.0 Å². The van der Waals surface area contributed by atoms with Gasteiger partial charge in [-0.1, -0.05) is 111 Å². The lowest BCUT2D eigenvalue weighted by atomic mass is 9.69. The second-order valence-electron chi connectivity index (χ2n) is 10.6. The van der Waals surface area contributed by atoms with E-state index in [2.05, 4.69) is 78.1 Å². The van der Waals surface area contributed by atoms with E-state index in [1.165, 1.54) is 91.7 Å². The molecule has 1 heteroatoms. The third-order valence-corrected chi connectivity index (χ3v) is 8.63. The molecule has 0 aliphatic heterocycles. The Morgan fingerprint density at radius 2 is 1.33 bits per heavy atom. The van der Waals surface area contributed by atoms with Gasteiger partial charge in [0.15, 0.2) is 0 Å². The van der Waals surface area contributed by atoms with Crippen LogP contribution in [0.15, 0.2) is 66.7 Å². The maximum Gasteiger partial charge on any atom is 0.0327 e. The van der Waals surface area contributed by atoms with Gasteiger partial charge in [0.2, 0.25) is 0 Å². The third kappa shape index (κ3) is 4.17. The van der Waals surface area contributed by atoms with Gasteiger partial charge in [-0.15, -0.1) is 0 Å². The molecule has 2 saturated carbocycles. The lowest BCUT2D eigenvalue weighted by Gasteiger charge is -2.41. The van der Waals surface area contributed by atoms with Gasteiger partial charge < -0.3 is 5.32 Å². The Morgan fingerprint density at radius 1 is 0.636 bits per heavy atom. The van der Waals surface area contributed by atoms with Gasteiger partial charge in [0.1, 0.15) is 0 Å². The summed E-state index contributed by atoms with van der Waals surface area (Å²) in [7, 11) is 0. The first-order chi connectivity index (χ1) is 16.4. The van der Waals surface area contributed by atoms with E-state index in [1.807, 2.05) is 0 Å². The van der Waals surface area contributed by atoms with Crippen molar-refractivity contribution in [1.29, 1.82) is 0 Å². The molecule has 2 fully saturated rings. The first kappa shape index (κ1) is 21.2. The number of rotatable bonds is 4. The van der Waals surface area contributed by atoms with Crippen molar-refractivity contribution >= 4 is 16.8 Å². The largest absolute Gasteiger partial charge is 0.307 e.